The van der Waals surface area contributed by atoms with E-state index in [1.54, 1.807) is 11.3 Å². The Kier molecular flexibility index (Phi) is 11.0. The number of hydrogen-bond donors (Lipinski definition) is 2. The van der Waals surface area contributed by atoms with Crippen molar-refractivity contribution in [3.05, 3.63) is 22.4 Å². The third-order valence-electron chi connectivity index (χ3n) is 4.35. The second-order valence-electron chi connectivity index (χ2n) is 6.71. The van der Waals surface area contributed by atoms with Gasteiger partial charge in [0.15, 0.2) is 5.96 Å². The molecule has 1 aliphatic rings. The largest absolute Gasteiger partial charge is 0.373 e. The molecule has 5 nitrogen and oxygen atoms in total. The van der Waals surface area contributed by atoms with Crippen LogP contribution in [0, 0.1) is 0 Å². The zero-order chi connectivity index (χ0) is 17.4. The van der Waals surface area contributed by atoms with Gasteiger partial charge >= 0.3 is 0 Å². The maximum atomic E-state index is 5.78. The van der Waals surface area contributed by atoms with E-state index in [4.69, 9.17) is 4.74 Å². The first-order valence-corrected chi connectivity index (χ1v) is 9.87. The number of nitrogens with zero attached hydrogens (tertiary/aromatic N) is 2. The predicted molar refractivity (Wildman–Crippen MR) is 119 cm³/mol. The van der Waals surface area contributed by atoms with Gasteiger partial charge in [-0.25, -0.2) is 0 Å². The van der Waals surface area contributed by atoms with Crippen molar-refractivity contribution in [3.8, 4) is 0 Å². The lowest BCUT2D eigenvalue weighted by Crippen LogP contribution is -2.46. The van der Waals surface area contributed by atoms with Crippen LogP contribution in [0.2, 0.25) is 0 Å². The zero-order valence-electron chi connectivity index (χ0n) is 15.8. The average Bonchev–Trinajstić information content (AvgIpc) is 3.07. The van der Waals surface area contributed by atoms with E-state index in [1.807, 2.05) is 7.05 Å². The first kappa shape index (κ1) is 22.7. The molecule has 0 radical (unpaired) electrons. The van der Waals surface area contributed by atoms with Crippen molar-refractivity contribution < 1.29 is 4.74 Å². The summed E-state index contributed by atoms with van der Waals surface area (Å²) in [4.78, 5) is 6.81. The van der Waals surface area contributed by atoms with Crippen LogP contribution in [-0.4, -0.2) is 62.8 Å². The quantitative estimate of drug-likeness (QED) is 0.273. The molecule has 0 aliphatic carbocycles. The van der Waals surface area contributed by atoms with Crippen molar-refractivity contribution in [3.63, 3.8) is 0 Å². The molecule has 2 rings (SSSR count). The molecule has 0 saturated carbocycles. The van der Waals surface area contributed by atoms with Crippen LogP contribution < -0.4 is 10.6 Å². The summed E-state index contributed by atoms with van der Waals surface area (Å²) in [5.41, 5.74) is 1.39. The molecule has 0 spiro atoms. The Bertz CT molecular complexity index is 487. The highest BCUT2D eigenvalue weighted by molar-refractivity contribution is 14.0. The van der Waals surface area contributed by atoms with E-state index >= 15 is 0 Å². The minimum atomic E-state index is 0. The van der Waals surface area contributed by atoms with E-state index < -0.39 is 0 Å². The minimum Gasteiger partial charge on any atom is -0.373 e. The lowest BCUT2D eigenvalue weighted by molar-refractivity contribution is -0.0679. The number of halogens is 1. The van der Waals surface area contributed by atoms with Crippen molar-refractivity contribution in [1.29, 1.82) is 0 Å². The lowest BCUT2D eigenvalue weighted by Gasteiger charge is -2.35. The van der Waals surface area contributed by atoms with Crippen molar-refractivity contribution in [2.24, 2.45) is 4.99 Å². The van der Waals surface area contributed by atoms with E-state index in [0.29, 0.717) is 18.1 Å². The summed E-state index contributed by atoms with van der Waals surface area (Å²) in [5.74, 6) is 1.38. The van der Waals surface area contributed by atoms with Crippen LogP contribution >= 0.6 is 35.3 Å². The summed E-state index contributed by atoms with van der Waals surface area (Å²) in [6, 6.07) is 2.19. The number of ether oxygens (including phenoxy) is 1. The number of nitrogens with one attached hydrogen (secondary N) is 2. The zero-order valence-corrected chi connectivity index (χ0v) is 19.0. The molecule has 1 aromatic heterocycles. The van der Waals surface area contributed by atoms with Gasteiger partial charge in [0.2, 0.25) is 0 Å². The fourth-order valence-electron chi connectivity index (χ4n) is 3.12. The van der Waals surface area contributed by atoms with Crippen LogP contribution in [0.1, 0.15) is 38.7 Å². The fourth-order valence-corrected chi connectivity index (χ4v) is 3.90. The van der Waals surface area contributed by atoms with Crippen molar-refractivity contribution in [2.45, 2.75) is 45.3 Å². The molecule has 1 aliphatic heterocycles. The van der Waals surface area contributed by atoms with Crippen LogP contribution in [0.5, 0.6) is 0 Å². The molecule has 7 heteroatoms. The Morgan fingerprint density at radius 3 is 2.68 bits per heavy atom. The molecule has 1 aromatic rings. The Morgan fingerprint density at radius 1 is 1.36 bits per heavy atom. The lowest BCUT2D eigenvalue weighted by atomic mass is 10.1. The number of aliphatic imine (C=N–C) groups is 1. The normalized spacial score (nSPS) is 23.0. The SMILES string of the molecule is CN=C(NCCCN1CC(C)OC(C)C1)NCC(C)c1ccsc1.I. The van der Waals surface area contributed by atoms with Crippen molar-refractivity contribution in [1.82, 2.24) is 15.5 Å². The van der Waals surface area contributed by atoms with Crippen LogP contribution in [0.25, 0.3) is 0 Å². The highest BCUT2D eigenvalue weighted by atomic mass is 127. The summed E-state index contributed by atoms with van der Waals surface area (Å²) in [7, 11) is 1.83. The van der Waals surface area contributed by atoms with E-state index in [9.17, 15) is 0 Å². The predicted octanol–water partition coefficient (Wildman–Crippen LogP) is 3.13. The van der Waals surface area contributed by atoms with Crippen molar-refractivity contribution >= 4 is 41.3 Å². The molecule has 1 saturated heterocycles. The molecule has 25 heavy (non-hydrogen) atoms. The van der Waals surface area contributed by atoms with Crippen molar-refractivity contribution in [2.75, 3.05) is 39.8 Å². The highest BCUT2D eigenvalue weighted by Gasteiger charge is 2.21. The third-order valence-corrected chi connectivity index (χ3v) is 5.05. The molecule has 2 N–H and O–H groups in total. The summed E-state index contributed by atoms with van der Waals surface area (Å²) in [5, 5.41) is 11.2. The van der Waals surface area contributed by atoms with E-state index in [0.717, 1.165) is 45.1 Å². The smallest absolute Gasteiger partial charge is 0.190 e. The highest BCUT2D eigenvalue weighted by Crippen LogP contribution is 2.17. The standard InChI is InChI=1S/C18H32N4OS.HI/c1-14(17-6-9-24-13-17)10-21-18(19-4)20-7-5-8-22-11-15(2)23-16(3)12-22;/h6,9,13-16H,5,7-8,10-12H2,1-4H3,(H2,19,20,21);1H. The van der Waals surface area contributed by atoms with Crippen LogP contribution in [0.3, 0.4) is 0 Å². The molecule has 0 aromatic carbocycles. The molecule has 3 atom stereocenters. The molecular weight excluding hydrogens is 447 g/mol. The average molecular weight is 480 g/mol. The summed E-state index contributed by atoms with van der Waals surface area (Å²) >= 11 is 1.75. The van der Waals surface area contributed by atoms with Gasteiger partial charge in [0.1, 0.15) is 0 Å². The fraction of sp³-hybridized carbons (Fsp3) is 0.722. The topological polar surface area (TPSA) is 48.9 Å². The van der Waals surface area contributed by atoms with Gasteiger partial charge in [-0.05, 0) is 48.6 Å². The Hall–Kier alpha value is -0.380. The van der Waals surface area contributed by atoms with Crippen LogP contribution in [0.4, 0.5) is 0 Å². The van der Waals surface area contributed by atoms with Gasteiger partial charge < -0.3 is 15.4 Å². The number of thiophene rings is 1. The molecule has 3 unspecified atom stereocenters. The minimum absolute atomic E-state index is 0. The second-order valence-corrected chi connectivity index (χ2v) is 7.49. The van der Waals surface area contributed by atoms with Crippen LogP contribution in [0.15, 0.2) is 21.8 Å². The molecule has 1 fully saturated rings. The Balaban J connectivity index is 0.00000312. The van der Waals surface area contributed by atoms with Crippen LogP contribution in [-0.2, 0) is 4.74 Å². The maximum Gasteiger partial charge on any atom is 0.190 e. The Labute approximate surface area is 173 Å². The third kappa shape index (κ3) is 8.23. The first-order valence-electron chi connectivity index (χ1n) is 8.93. The Morgan fingerprint density at radius 2 is 2.08 bits per heavy atom. The van der Waals surface area contributed by atoms with Gasteiger partial charge in [0, 0.05) is 39.8 Å². The van der Waals surface area contributed by atoms with Gasteiger partial charge in [-0.1, -0.05) is 6.92 Å². The summed E-state index contributed by atoms with van der Waals surface area (Å²) in [6.45, 7) is 11.6. The van der Waals surface area contributed by atoms with Gasteiger partial charge in [-0.2, -0.15) is 11.3 Å². The maximum absolute atomic E-state index is 5.78. The van der Waals surface area contributed by atoms with Gasteiger partial charge in [0.25, 0.3) is 0 Å². The first-order chi connectivity index (χ1) is 11.6. The molecule has 0 amide bonds. The van der Waals surface area contributed by atoms with E-state index in [-0.39, 0.29) is 24.0 Å². The molecule has 144 valence electrons. The number of morpholine rings is 1. The molecular formula is C18H33IN4OS. The second kappa shape index (κ2) is 12.1. The van der Waals surface area contributed by atoms with Gasteiger partial charge in [0.05, 0.1) is 12.2 Å². The van der Waals surface area contributed by atoms with Gasteiger partial charge in [-0.3, -0.25) is 9.89 Å². The monoisotopic (exact) mass is 480 g/mol. The van der Waals surface area contributed by atoms with Gasteiger partial charge in [-0.15, -0.1) is 24.0 Å². The molecule has 0 bridgehead atoms. The number of hydrogen-bond acceptors (Lipinski definition) is 4. The van der Waals surface area contributed by atoms with E-state index in [2.05, 4.69) is 58.1 Å². The molecule has 2 heterocycles. The number of guanidine groups is 1. The summed E-state index contributed by atoms with van der Waals surface area (Å²) < 4.78 is 5.78. The van der Waals surface area contributed by atoms with E-state index in [1.165, 1.54) is 5.56 Å². The summed E-state index contributed by atoms with van der Waals surface area (Å²) in [6.07, 6.45) is 1.80. The number of rotatable bonds is 7.